The van der Waals surface area contributed by atoms with Crippen LogP contribution >= 0.6 is 0 Å². The van der Waals surface area contributed by atoms with E-state index in [1.165, 1.54) is 0 Å². The molecule has 2 rings (SSSR count). The van der Waals surface area contributed by atoms with Gasteiger partial charge in [-0.1, -0.05) is 25.1 Å². The Labute approximate surface area is 94.8 Å². The maximum atomic E-state index is 10.5. The lowest BCUT2D eigenvalue weighted by atomic mass is 9.71. The van der Waals surface area contributed by atoms with Crippen molar-refractivity contribution in [3.63, 3.8) is 0 Å². The van der Waals surface area contributed by atoms with Gasteiger partial charge in [0.15, 0.2) is 0 Å². The van der Waals surface area contributed by atoms with Crippen molar-refractivity contribution in [2.24, 2.45) is 4.99 Å². The SMILES string of the molecule is CCc1cccc(C2(N=C=O)CCC2)c1O. The third kappa shape index (κ3) is 1.54. The normalized spacial score (nSPS) is 17.3. The van der Waals surface area contributed by atoms with Crippen molar-refractivity contribution in [1.82, 2.24) is 0 Å². The zero-order chi connectivity index (χ0) is 11.6. The summed E-state index contributed by atoms with van der Waals surface area (Å²) in [4.78, 5) is 14.4. The predicted molar refractivity (Wildman–Crippen MR) is 61.1 cm³/mol. The zero-order valence-electron chi connectivity index (χ0n) is 9.36. The number of rotatable bonds is 3. The highest BCUT2D eigenvalue weighted by atomic mass is 16.3. The van der Waals surface area contributed by atoms with Gasteiger partial charge in [-0.25, -0.2) is 4.79 Å². The van der Waals surface area contributed by atoms with Gasteiger partial charge in [0.2, 0.25) is 6.08 Å². The summed E-state index contributed by atoms with van der Waals surface area (Å²) in [5, 5.41) is 10.1. The first-order chi connectivity index (χ1) is 7.73. The molecule has 3 nitrogen and oxygen atoms in total. The molecule has 0 spiro atoms. The topological polar surface area (TPSA) is 49.7 Å². The van der Waals surface area contributed by atoms with Gasteiger partial charge in [-0.2, -0.15) is 4.99 Å². The van der Waals surface area contributed by atoms with E-state index in [9.17, 15) is 9.90 Å². The van der Waals surface area contributed by atoms with Crippen LogP contribution in [-0.2, 0) is 16.8 Å². The third-order valence-corrected chi connectivity index (χ3v) is 3.44. The fraction of sp³-hybridized carbons (Fsp3) is 0.462. The van der Waals surface area contributed by atoms with Gasteiger partial charge in [0.25, 0.3) is 0 Å². The molecule has 84 valence electrons. The van der Waals surface area contributed by atoms with Crippen molar-refractivity contribution in [3.8, 4) is 5.75 Å². The van der Waals surface area contributed by atoms with Crippen LogP contribution in [0, 0.1) is 0 Å². The number of phenols is 1. The Morgan fingerprint density at radius 3 is 2.75 bits per heavy atom. The molecule has 1 aromatic rings. The third-order valence-electron chi connectivity index (χ3n) is 3.44. The van der Waals surface area contributed by atoms with E-state index in [1.54, 1.807) is 6.08 Å². The number of benzene rings is 1. The van der Waals surface area contributed by atoms with Crippen LogP contribution in [0.3, 0.4) is 0 Å². The number of carbonyl (C=O) groups excluding carboxylic acids is 1. The Hall–Kier alpha value is -1.60. The molecular formula is C13H15NO2. The highest BCUT2D eigenvalue weighted by molar-refractivity contribution is 5.48. The summed E-state index contributed by atoms with van der Waals surface area (Å²) in [6.45, 7) is 2.00. The van der Waals surface area contributed by atoms with Crippen molar-refractivity contribution in [2.75, 3.05) is 0 Å². The van der Waals surface area contributed by atoms with E-state index >= 15 is 0 Å². The molecule has 16 heavy (non-hydrogen) atoms. The first-order valence-electron chi connectivity index (χ1n) is 5.64. The van der Waals surface area contributed by atoms with Gasteiger partial charge in [-0.05, 0) is 31.2 Å². The van der Waals surface area contributed by atoms with Gasteiger partial charge in [0.05, 0.1) is 0 Å². The first-order valence-corrected chi connectivity index (χ1v) is 5.64. The number of hydrogen-bond acceptors (Lipinski definition) is 3. The molecule has 0 unspecified atom stereocenters. The van der Waals surface area contributed by atoms with Crippen molar-refractivity contribution < 1.29 is 9.90 Å². The fourth-order valence-corrected chi connectivity index (χ4v) is 2.29. The summed E-state index contributed by atoms with van der Waals surface area (Å²) in [6, 6.07) is 5.67. The van der Waals surface area contributed by atoms with Crippen LogP contribution in [0.15, 0.2) is 23.2 Å². The van der Waals surface area contributed by atoms with Crippen LogP contribution in [-0.4, -0.2) is 11.2 Å². The summed E-state index contributed by atoms with van der Waals surface area (Å²) in [7, 11) is 0. The van der Waals surface area contributed by atoms with Gasteiger partial charge in [0, 0.05) is 5.56 Å². The molecule has 1 aliphatic carbocycles. The highest BCUT2D eigenvalue weighted by Gasteiger charge is 2.41. The average Bonchev–Trinajstić information content (AvgIpc) is 2.24. The quantitative estimate of drug-likeness (QED) is 0.625. The molecule has 1 aliphatic rings. The number of para-hydroxylation sites is 1. The molecule has 0 aliphatic heterocycles. The van der Waals surface area contributed by atoms with Crippen LogP contribution in [0.5, 0.6) is 5.75 Å². The standard InChI is InChI=1S/C13H15NO2/c1-2-10-5-3-6-11(12(10)16)13(14-9-15)7-4-8-13/h3,5-6,16H,2,4,7-8H2,1H3. The molecule has 0 atom stereocenters. The van der Waals surface area contributed by atoms with Crippen molar-refractivity contribution in [1.29, 1.82) is 0 Å². The zero-order valence-corrected chi connectivity index (χ0v) is 9.36. The number of hydrogen-bond donors (Lipinski definition) is 1. The molecule has 1 saturated carbocycles. The minimum absolute atomic E-state index is 0.295. The second kappa shape index (κ2) is 4.11. The lowest BCUT2D eigenvalue weighted by Gasteiger charge is -2.37. The highest BCUT2D eigenvalue weighted by Crippen LogP contribution is 2.48. The smallest absolute Gasteiger partial charge is 0.235 e. The Morgan fingerprint density at radius 2 is 2.25 bits per heavy atom. The maximum absolute atomic E-state index is 10.5. The molecule has 0 aromatic heterocycles. The van der Waals surface area contributed by atoms with Crippen molar-refractivity contribution in [2.45, 2.75) is 38.1 Å². The number of aromatic hydroxyl groups is 1. The van der Waals surface area contributed by atoms with Gasteiger partial charge in [-0.3, -0.25) is 0 Å². The Balaban J connectivity index is 2.50. The molecule has 0 bridgehead atoms. The maximum Gasteiger partial charge on any atom is 0.235 e. The molecular weight excluding hydrogens is 202 g/mol. The van der Waals surface area contributed by atoms with Gasteiger partial charge < -0.3 is 5.11 Å². The van der Waals surface area contributed by atoms with E-state index in [-0.39, 0.29) is 0 Å². The van der Waals surface area contributed by atoms with Crippen molar-refractivity contribution in [3.05, 3.63) is 29.3 Å². The summed E-state index contributed by atoms with van der Waals surface area (Å²) < 4.78 is 0. The number of nitrogens with zero attached hydrogens (tertiary/aromatic N) is 1. The fourth-order valence-electron chi connectivity index (χ4n) is 2.29. The minimum Gasteiger partial charge on any atom is -0.507 e. The number of phenolic OH excluding ortho intramolecular Hbond substituents is 1. The number of aryl methyl sites for hydroxylation is 1. The summed E-state index contributed by atoms with van der Waals surface area (Å²) in [6.07, 6.45) is 5.10. The summed E-state index contributed by atoms with van der Waals surface area (Å²) in [5.41, 5.74) is 1.18. The number of isocyanates is 1. The minimum atomic E-state index is -0.503. The Morgan fingerprint density at radius 1 is 1.50 bits per heavy atom. The molecule has 1 N–H and O–H groups in total. The predicted octanol–water partition coefficient (Wildman–Crippen LogP) is 2.67. The molecule has 3 heteroatoms. The van der Waals surface area contributed by atoms with Gasteiger partial charge in [0.1, 0.15) is 11.3 Å². The van der Waals surface area contributed by atoms with E-state index in [0.29, 0.717) is 5.75 Å². The molecule has 1 fully saturated rings. The van der Waals surface area contributed by atoms with Crippen LogP contribution in [0.1, 0.15) is 37.3 Å². The molecule has 0 saturated heterocycles. The van der Waals surface area contributed by atoms with Crippen LogP contribution in [0.2, 0.25) is 0 Å². The van der Waals surface area contributed by atoms with Crippen LogP contribution in [0.25, 0.3) is 0 Å². The summed E-state index contributed by atoms with van der Waals surface area (Å²) in [5.74, 6) is 0.295. The largest absolute Gasteiger partial charge is 0.507 e. The molecule has 0 heterocycles. The Bertz CT molecular complexity index is 443. The Kier molecular flexibility index (Phi) is 2.80. The van der Waals surface area contributed by atoms with Gasteiger partial charge in [-0.15, -0.1) is 0 Å². The summed E-state index contributed by atoms with van der Waals surface area (Å²) >= 11 is 0. The molecule has 0 amide bonds. The monoisotopic (exact) mass is 217 g/mol. The van der Waals surface area contributed by atoms with Crippen LogP contribution < -0.4 is 0 Å². The molecule has 0 radical (unpaired) electrons. The lowest BCUT2D eigenvalue weighted by Crippen LogP contribution is -2.32. The average molecular weight is 217 g/mol. The first kappa shape index (κ1) is 10.9. The van der Waals surface area contributed by atoms with Crippen molar-refractivity contribution >= 4 is 6.08 Å². The van der Waals surface area contributed by atoms with E-state index in [2.05, 4.69) is 4.99 Å². The van der Waals surface area contributed by atoms with Gasteiger partial charge >= 0.3 is 0 Å². The number of aliphatic imine (C=N–C) groups is 1. The van der Waals surface area contributed by atoms with E-state index in [0.717, 1.165) is 36.8 Å². The van der Waals surface area contributed by atoms with E-state index in [1.807, 2.05) is 25.1 Å². The van der Waals surface area contributed by atoms with E-state index in [4.69, 9.17) is 0 Å². The van der Waals surface area contributed by atoms with E-state index < -0.39 is 5.54 Å². The lowest BCUT2D eigenvalue weighted by molar-refractivity contribution is 0.247. The second-order valence-electron chi connectivity index (χ2n) is 4.26. The second-order valence-corrected chi connectivity index (χ2v) is 4.26. The van der Waals surface area contributed by atoms with Crippen LogP contribution in [0.4, 0.5) is 0 Å². The molecule has 1 aromatic carbocycles.